The van der Waals surface area contributed by atoms with Gasteiger partial charge in [0, 0.05) is 18.4 Å². The van der Waals surface area contributed by atoms with Gasteiger partial charge in [-0.1, -0.05) is 18.2 Å². The average Bonchev–Trinajstić information content (AvgIpc) is 2.87. The predicted molar refractivity (Wildman–Crippen MR) is 76.0 cm³/mol. The Morgan fingerprint density at radius 1 is 1.25 bits per heavy atom. The first-order valence-corrected chi connectivity index (χ1v) is 7.01. The van der Waals surface area contributed by atoms with E-state index in [-0.39, 0.29) is 17.8 Å². The van der Waals surface area contributed by atoms with E-state index >= 15 is 0 Å². The third-order valence-electron chi connectivity index (χ3n) is 3.24. The Labute approximate surface area is 122 Å². The molecule has 1 aliphatic rings. The van der Waals surface area contributed by atoms with Gasteiger partial charge in [0.1, 0.15) is 30.0 Å². The molecule has 0 spiro atoms. The highest BCUT2D eigenvalue weighted by atomic mass is 35.5. The second-order valence-electron chi connectivity index (χ2n) is 4.79. The first-order valence-electron chi connectivity index (χ1n) is 6.47. The maximum Gasteiger partial charge on any atom is 0.137 e. The second-order valence-corrected chi connectivity index (χ2v) is 5.06. The van der Waals surface area contributed by atoms with Crippen LogP contribution in [0.3, 0.4) is 0 Å². The minimum atomic E-state index is -0.339. The third-order valence-corrected chi connectivity index (χ3v) is 3.54. The van der Waals surface area contributed by atoms with Gasteiger partial charge in [0.25, 0.3) is 0 Å². The molecule has 0 saturated carbocycles. The van der Waals surface area contributed by atoms with Gasteiger partial charge < -0.3 is 9.47 Å². The maximum absolute atomic E-state index is 13.4. The number of rotatable bonds is 4. The van der Waals surface area contributed by atoms with Crippen molar-refractivity contribution in [2.24, 2.45) is 0 Å². The van der Waals surface area contributed by atoms with Crippen molar-refractivity contribution < 1.29 is 13.9 Å². The molecule has 0 amide bonds. The Balaban J connectivity index is 1.63. The van der Waals surface area contributed by atoms with Crippen LogP contribution < -0.4 is 9.47 Å². The van der Waals surface area contributed by atoms with Gasteiger partial charge in [0.05, 0.1) is 0 Å². The molecule has 0 aromatic heterocycles. The molecule has 2 nitrogen and oxygen atoms in total. The summed E-state index contributed by atoms with van der Waals surface area (Å²) in [6.45, 7) is 0.389. The lowest BCUT2D eigenvalue weighted by Gasteiger charge is -2.13. The van der Waals surface area contributed by atoms with E-state index in [0.717, 1.165) is 12.2 Å². The van der Waals surface area contributed by atoms with Crippen molar-refractivity contribution in [2.45, 2.75) is 18.4 Å². The molecule has 20 heavy (non-hydrogen) atoms. The third kappa shape index (κ3) is 2.88. The van der Waals surface area contributed by atoms with Crippen molar-refractivity contribution in [3.63, 3.8) is 0 Å². The first kappa shape index (κ1) is 13.3. The van der Waals surface area contributed by atoms with Crippen molar-refractivity contribution >= 4 is 11.6 Å². The molecule has 0 aliphatic carbocycles. The van der Waals surface area contributed by atoms with Gasteiger partial charge in [-0.15, -0.1) is 11.6 Å². The first-order chi connectivity index (χ1) is 9.74. The Bertz CT molecular complexity index is 590. The number of halogens is 2. The van der Waals surface area contributed by atoms with Gasteiger partial charge in [0.15, 0.2) is 0 Å². The minimum absolute atomic E-state index is 0.0323. The number of para-hydroxylation sites is 1. The highest BCUT2D eigenvalue weighted by Gasteiger charge is 2.22. The van der Waals surface area contributed by atoms with Crippen LogP contribution in [0.25, 0.3) is 0 Å². The maximum atomic E-state index is 13.4. The van der Waals surface area contributed by atoms with Crippen molar-refractivity contribution in [3.05, 3.63) is 59.4 Å². The lowest BCUT2D eigenvalue weighted by atomic mass is 10.1. The fraction of sp³-hybridized carbons (Fsp3) is 0.250. The van der Waals surface area contributed by atoms with Crippen LogP contribution in [0.1, 0.15) is 11.1 Å². The van der Waals surface area contributed by atoms with E-state index in [0.29, 0.717) is 17.9 Å². The van der Waals surface area contributed by atoms with Gasteiger partial charge >= 0.3 is 0 Å². The van der Waals surface area contributed by atoms with E-state index < -0.39 is 0 Å². The molecule has 0 bridgehead atoms. The van der Waals surface area contributed by atoms with Crippen LogP contribution in [0.15, 0.2) is 42.5 Å². The monoisotopic (exact) mass is 292 g/mol. The van der Waals surface area contributed by atoms with E-state index in [9.17, 15) is 4.39 Å². The smallest absolute Gasteiger partial charge is 0.137 e. The van der Waals surface area contributed by atoms with Crippen LogP contribution in [-0.2, 0) is 12.3 Å². The van der Waals surface area contributed by atoms with Crippen molar-refractivity contribution in [2.75, 3.05) is 6.61 Å². The van der Waals surface area contributed by atoms with E-state index in [1.54, 1.807) is 6.07 Å². The summed E-state index contributed by atoms with van der Waals surface area (Å²) in [5.74, 6) is 1.32. The number of hydrogen-bond acceptors (Lipinski definition) is 2. The second kappa shape index (κ2) is 5.71. The molecule has 3 rings (SSSR count). The molecule has 1 aliphatic heterocycles. The number of benzene rings is 2. The normalized spacial score (nSPS) is 16.6. The number of alkyl halides is 1. The molecule has 2 aromatic carbocycles. The SMILES string of the molecule is Fc1cc(CCl)cc(OCC2Cc3ccccc3O2)c1. The molecule has 0 fully saturated rings. The van der Waals surface area contributed by atoms with Crippen molar-refractivity contribution in [1.29, 1.82) is 0 Å². The van der Waals surface area contributed by atoms with Crippen LogP contribution in [0.4, 0.5) is 4.39 Å². The van der Waals surface area contributed by atoms with Gasteiger partial charge in [-0.3, -0.25) is 0 Å². The Morgan fingerprint density at radius 3 is 2.90 bits per heavy atom. The zero-order valence-electron chi connectivity index (χ0n) is 10.8. The molecule has 0 radical (unpaired) electrons. The summed E-state index contributed by atoms with van der Waals surface area (Å²) < 4.78 is 24.8. The number of hydrogen-bond donors (Lipinski definition) is 0. The predicted octanol–water partition coefficient (Wildman–Crippen LogP) is 3.95. The summed E-state index contributed by atoms with van der Waals surface area (Å²) >= 11 is 5.71. The molecule has 0 saturated heterocycles. The fourth-order valence-corrected chi connectivity index (χ4v) is 2.47. The van der Waals surface area contributed by atoms with Crippen LogP contribution >= 0.6 is 11.6 Å². The molecule has 1 unspecified atom stereocenters. The van der Waals surface area contributed by atoms with E-state index in [4.69, 9.17) is 21.1 Å². The van der Waals surface area contributed by atoms with Gasteiger partial charge in [-0.25, -0.2) is 4.39 Å². The van der Waals surface area contributed by atoms with E-state index in [1.165, 1.54) is 17.7 Å². The van der Waals surface area contributed by atoms with Crippen LogP contribution in [0.2, 0.25) is 0 Å². The average molecular weight is 293 g/mol. The van der Waals surface area contributed by atoms with Gasteiger partial charge in [-0.05, 0) is 29.3 Å². The highest BCUT2D eigenvalue weighted by molar-refractivity contribution is 6.17. The molecular weight excluding hydrogens is 279 g/mol. The highest BCUT2D eigenvalue weighted by Crippen LogP contribution is 2.28. The van der Waals surface area contributed by atoms with Crippen LogP contribution in [0, 0.1) is 5.82 Å². The van der Waals surface area contributed by atoms with Gasteiger partial charge in [-0.2, -0.15) is 0 Å². The standard InChI is InChI=1S/C16H14ClFO2/c17-9-11-5-13(18)8-14(6-11)19-10-15-7-12-3-1-2-4-16(12)20-15/h1-6,8,15H,7,9-10H2. The molecular formula is C16H14ClFO2. The topological polar surface area (TPSA) is 18.5 Å². The number of ether oxygens (including phenoxy) is 2. The van der Waals surface area contributed by atoms with Crippen molar-refractivity contribution in [1.82, 2.24) is 0 Å². The minimum Gasteiger partial charge on any atom is -0.490 e. The molecule has 1 atom stereocenters. The van der Waals surface area contributed by atoms with Gasteiger partial charge in [0.2, 0.25) is 0 Å². The lowest BCUT2D eigenvalue weighted by molar-refractivity contribution is 0.148. The summed E-state index contributed by atoms with van der Waals surface area (Å²) in [6, 6.07) is 12.4. The summed E-state index contributed by atoms with van der Waals surface area (Å²) in [7, 11) is 0. The molecule has 2 aromatic rings. The zero-order chi connectivity index (χ0) is 13.9. The molecule has 1 heterocycles. The molecule has 104 valence electrons. The van der Waals surface area contributed by atoms with Crippen molar-refractivity contribution in [3.8, 4) is 11.5 Å². The summed E-state index contributed by atoms with van der Waals surface area (Å²) in [6.07, 6.45) is 0.781. The Hall–Kier alpha value is -1.74. The Morgan fingerprint density at radius 2 is 2.10 bits per heavy atom. The summed E-state index contributed by atoms with van der Waals surface area (Å²) in [4.78, 5) is 0. The molecule has 4 heteroatoms. The summed E-state index contributed by atoms with van der Waals surface area (Å²) in [5.41, 5.74) is 1.89. The van der Waals surface area contributed by atoms with Crippen LogP contribution in [0.5, 0.6) is 11.5 Å². The zero-order valence-corrected chi connectivity index (χ0v) is 11.6. The Kier molecular flexibility index (Phi) is 3.79. The lowest BCUT2D eigenvalue weighted by Crippen LogP contribution is -2.22. The quantitative estimate of drug-likeness (QED) is 0.795. The van der Waals surface area contributed by atoms with E-state index in [2.05, 4.69) is 0 Å². The number of fused-ring (bicyclic) bond motifs is 1. The largest absolute Gasteiger partial charge is 0.490 e. The summed E-state index contributed by atoms with van der Waals surface area (Å²) in [5, 5.41) is 0. The van der Waals surface area contributed by atoms with Crippen LogP contribution in [-0.4, -0.2) is 12.7 Å². The fourth-order valence-electron chi connectivity index (χ4n) is 2.32. The van der Waals surface area contributed by atoms with E-state index in [1.807, 2.05) is 24.3 Å². The molecule has 0 N–H and O–H groups in total.